The highest BCUT2D eigenvalue weighted by Crippen LogP contribution is 2.14. The maximum Gasteiger partial charge on any atom is 0.306 e. The van der Waals surface area contributed by atoms with Gasteiger partial charge in [0.2, 0.25) is 0 Å². The quantitative estimate of drug-likeness (QED) is 0.0261. The molecule has 442 valence electrons. The molecule has 0 fully saturated rings. The summed E-state index contributed by atoms with van der Waals surface area (Å²) in [4.78, 5) is 38.3. The van der Waals surface area contributed by atoms with E-state index in [0.717, 1.165) is 167 Å². The summed E-state index contributed by atoms with van der Waals surface area (Å²) in [5.41, 5.74) is 0. The molecule has 0 aromatic carbocycles. The predicted molar refractivity (Wildman–Crippen MR) is 343 cm³/mol. The number of carbonyl (C=O) groups excluding carboxylic acids is 3. The molecule has 0 aliphatic heterocycles. The number of esters is 3. The zero-order chi connectivity index (χ0) is 57.1. The zero-order valence-electron chi connectivity index (χ0n) is 50.6. The minimum Gasteiger partial charge on any atom is -0.462 e. The van der Waals surface area contributed by atoms with Crippen LogP contribution in [0.25, 0.3) is 0 Å². The van der Waals surface area contributed by atoms with Gasteiger partial charge in [0.25, 0.3) is 0 Å². The average molecular weight is 1090 g/mol. The third-order valence-electron chi connectivity index (χ3n) is 12.7. The first-order chi connectivity index (χ1) is 39.0. The van der Waals surface area contributed by atoms with Crippen LogP contribution in [0.2, 0.25) is 0 Å². The predicted octanol–water partition coefficient (Wildman–Crippen LogP) is 21.9. The Balaban J connectivity index is 4.46. The van der Waals surface area contributed by atoms with Crippen LogP contribution in [0.5, 0.6) is 0 Å². The number of hydrogen-bond donors (Lipinski definition) is 0. The molecule has 1 atom stereocenters. The zero-order valence-corrected chi connectivity index (χ0v) is 50.6. The highest BCUT2D eigenvalue weighted by molar-refractivity contribution is 5.71. The standard InChI is InChI=1S/C73H114O6/c1-4-7-10-13-16-19-22-25-27-29-31-33-34-35-36-37-38-40-41-43-45-48-51-54-57-60-63-66-72(75)78-69-70(68-77-71(74)65-62-59-56-53-50-47-24-21-18-15-12-9-6-3)79-73(76)67-64-61-58-55-52-49-46-44-42-39-32-30-28-26-23-20-17-14-11-8-5-2/h7-8,10-12,15-17,19-21,24-28,31-33,35-36,38-40,44,46,52,55,70H,4-6,9,13-14,18,22-23,29-30,34,37,41-43,45,47-51,53-54,56-69H2,1-3H3/b10-7-,11-8-,15-12-,19-16-,20-17-,24-21-,27-25-,28-26-,33-31-,36-35-,39-32-,40-38-,46-44-,55-52-. The molecule has 1 unspecified atom stereocenters. The fourth-order valence-electron chi connectivity index (χ4n) is 8.02. The molecule has 0 heterocycles. The van der Waals surface area contributed by atoms with Crippen molar-refractivity contribution in [1.82, 2.24) is 0 Å². The summed E-state index contributed by atoms with van der Waals surface area (Å²) in [5, 5.41) is 0. The number of carbonyl (C=O) groups is 3. The van der Waals surface area contributed by atoms with Gasteiger partial charge in [-0.1, -0.05) is 255 Å². The topological polar surface area (TPSA) is 78.9 Å². The van der Waals surface area contributed by atoms with E-state index in [2.05, 4.69) is 191 Å². The van der Waals surface area contributed by atoms with Crippen LogP contribution in [0.15, 0.2) is 170 Å². The largest absolute Gasteiger partial charge is 0.462 e. The maximum absolute atomic E-state index is 12.9. The van der Waals surface area contributed by atoms with Crippen molar-refractivity contribution in [1.29, 1.82) is 0 Å². The number of allylic oxidation sites excluding steroid dienone is 28. The maximum atomic E-state index is 12.9. The first-order valence-corrected chi connectivity index (χ1v) is 31.6. The molecule has 79 heavy (non-hydrogen) atoms. The molecular weight excluding hydrogens is 973 g/mol. The van der Waals surface area contributed by atoms with Gasteiger partial charge in [-0.3, -0.25) is 14.4 Å². The van der Waals surface area contributed by atoms with Gasteiger partial charge in [0.15, 0.2) is 6.10 Å². The van der Waals surface area contributed by atoms with Crippen molar-refractivity contribution in [2.24, 2.45) is 0 Å². The Morgan fingerprint density at radius 3 is 0.797 bits per heavy atom. The fourth-order valence-corrected chi connectivity index (χ4v) is 8.02. The average Bonchev–Trinajstić information content (AvgIpc) is 3.45. The Labute approximate surface area is 485 Å². The second-order valence-corrected chi connectivity index (χ2v) is 20.2. The molecule has 0 aliphatic rings. The molecule has 0 saturated heterocycles. The van der Waals surface area contributed by atoms with E-state index in [0.29, 0.717) is 19.3 Å². The second kappa shape index (κ2) is 65.3. The lowest BCUT2D eigenvalue weighted by atomic mass is 10.1. The normalized spacial score (nSPS) is 13.3. The minimum absolute atomic E-state index is 0.113. The highest BCUT2D eigenvalue weighted by atomic mass is 16.6. The summed E-state index contributed by atoms with van der Waals surface area (Å²) in [6.45, 7) is 6.28. The monoisotopic (exact) mass is 1090 g/mol. The third kappa shape index (κ3) is 63.5. The Hall–Kier alpha value is -5.23. The van der Waals surface area contributed by atoms with Crippen molar-refractivity contribution in [3.63, 3.8) is 0 Å². The van der Waals surface area contributed by atoms with Crippen LogP contribution >= 0.6 is 0 Å². The molecular formula is C73H114O6. The van der Waals surface area contributed by atoms with Crippen molar-refractivity contribution < 1.29 is 28.6 Å². The van der Waals surface area contributed by atoms with Gasteiger partial charge in [-0.25, -0.2) is 0 Å². The van der Waals surface area contributed by atoms with Crippen LogP contribution < -0.4 is 0 Å². The van der Waals surface area contributed by atoms with Crippen LogP contribution in [0.3, 0.4) is 0 Å². The Kier molecular flexibility index (Phi) is 61.0. The molecule has 6 nitrogen and oxygen atoms in total. The summed E-state index contributed by atoms with van der Waals surface area (Å²) in [7, 11) is 0. The van der Waals surface area contributed by atoms with Crippen molar-refractivity contribution in [3.8, 4) is 0 Å². The number of ether oxygens (including phenoxy) is 3. The van der Waals surface area contributed by atoms with Crippen molar-refractivity contribution in [3.05, 3.63) is 170 Å². The first kappa shape index (κ1) is 73.8. The minimum atomic E-state index is -0.821. The lowest BCUT2D eigenvalue weighted by Crippen LogP contribution is -2.30. The molecule has 0 aromatic heterocycles. The van der Waals surface area contributed by atoms with E-state index >= 15 is 0 Å². The van der Waals surface area contributed by atoms with Crippen LogP contribution in [-0.2, 0) is 28.6 Å². The molecule has 0 aromatic rings. The van der Waals surface area contributed by atoms with Crippen LogP contribution in [-0.4, -0.2) is 37.2 Å². The molecule has 0 aliphatic carbocycles. The molecule has 0 amide bonds. The SMILES string of the molecule is CC/C=C\C/C=C\C/C=C\C/C=C\C/C=C\C/C=C\CCCCCCCCCCC(=O)OCC(COC(=O)CCCCCCC/C=C\C/C=C\CCC)OC(=O)CCCC/C=C\C/C=C\C/C=C\C/C=C\C/C=C\C/C=C\CC. The Bertz CT molecular complexity index is 1820. The highest BCUT2D eigenvalue weighted by Gasteiger charge is 2.19. The lowest BCUT2D eigenvalue weighted by molar-refractivity contribution is -0.167. The van der Waals surface area contributed by atoms with Gasteiger partial charge in [0.1, 0.15) is 13.2 Å². The Morgan fingerprint density at radius 2 is 0.494 bits per heavy atom. The van der Waals surface area contributed by atoms with E-state index < -0.39 is 6.10 Å². The number of rotatable bonds is 55. The van der Waals surface area contributed by atoms with E-state index in [1.54, 1.807) is 0 Å². The van der Waals surface area contributed by atoms with E-state index in [-0.39, 0.29) is 37.5 Å². The van der Waals surface area contributed by atoms with Crippen molar-refractivity contribution >= 4 is 17.9 Å². The van der Waals surface area contributed by atoms with E-state index in [4.69, 9.17) is 14.2 Å². The fraction of sp³-hybridized carbons (Fsp3) is 0.575. The summed E-state index contributed by atoms with van der Waals surface area (Å²) < 4.78 is 16.9. The van der Waals surface area contributed by atoms with Crippen LogP contribution in [0, 0.1) is 0 Å². The van der Waals surface area contributed by atoms with Crippen LogP contribution in [0.4, 0.5) is 0 Å². The smallest absolute Gasteiger partial charge is 0.306 e. The van der Waals surface area contributed by atoms with E-state index in [1.807, 2.05) is 0 Å². The summed E-state index contributed by atoms with van der Waals surface area (Å²) >= 11 is 0. The Morgan fingerprint density at radius 1 is 0.266 bits per heavy atom. The van der Waals surface area contributed by atoms with Gasteiger partial charge in [-0.2, -0.15) is 0 Å². The molecule has 0 N–H and O–H groups in total. The second-order valence-electron chi connectivity index (χ2n) is 20.2. The van der Waals surface area contributed by atoms with E-state index in [1.165, 1.54) is 38.5 Å². The molecule has 6 heteroatoms. The lowest BCUT2D eigenvalue weighted by Gasteiger charge is -2.18. The summed E-state index contributed by atoms with van der Waals surface area (Å²) in [6.07, 6.45) is 96.4. The molecule has 0 radical (unpaired) electrons. The van der Waals surface area contributed by atoms with Gasteiger partial charge in [0.05, 0.1) is 0 Å². The number of unbranched alkanes of at least 4 members (excludes halogenated alkanes) is 16. The van der Waals surface area contributed by atoms with Gasteiger partial charge < -0.3 is 14.2 Å². The molecule has 0 saturated carbocycles. The molecule has 0 spiro atoms. The number of hydrogen-bond acceptors (Lipinski definition) is 6. The third-order valence-corrected chi connectivity index (χ3v) is 12.7. The van der Waals surface area contributed by atoms with Gasteiger partial charge in [0, 0.05) is 19.3 Å². The van der Waals surface area contributed by atoms with Crippen LogP contribution in [0.1, 0.15) is 252 Å². The van der Waals surface area contributed by atoms with Gasteiger partial charge in [-0.05, 0) is 148 Å². The molecule has 0 bridgehead atoms. The molecule has 0 rings (SSSR count). The summed E-state index contributed by atoms with van der Waals surface area (Å²) in [6, 6.07) is 0. The van der Waals surface area contributed by atoms with Gasteiger partial charge >= 0.3 is 17.9 Å². The van der Waals surface area contributed by atoms with Gasteiger partial charge in [-0.15, -0.1) is 0 Å². The van der Waals surface area contributed by atoms with E-state index in [9.17, 15) is 14.4 Å². The van der Waals surface area contributed by atoms with Crippen molar-refractivity contribution in [2.75, 3.05) is 13.2 Å². The van der Waals surface area contributed by atoms with Crippen molar-refractivity contribution in [2.45, 2.75) is 258 Å². The summed E-state index contributed by atoms with van der Waals surface area (Å²) in [5.74, 6) is -0.985. The first-order valence-electron chi connectivity index (χ1n) is 31.6.